The van der Waals surface area contributed by atoms with Crippen LogP contribution in [-0.4, -0.2) is 11.6 Å². The van der Waals surface area contributed by atoms with Gasteiger partial charge in [-0.1, -0.05) is 60.7 Å². The Hall–Kier alpha value is -2.73. The molecule has 0 aliphatic carbocycles. The lowest BCUT2D eigenvalue weighted by molar-refractivity contribution is 0.0967. The van der Waals surface area contributed by atoms with Crippen molar-refractivity contribution in [2.24, 2.45) is 5.92 Å². The molecule has 0 spiro atoms. The smallest absolute Gasteiger partial charge is 0.164 e. The van der Waals surface area contributed by atoms with Crippen molar-refractivity contribution < 1.29 is 9.59 Å². The minimum Gasteiger partial charge on any atom is -0.294 e. The van der Waals surface area contributed by atoms with E-state index in [4.69, 9.17) is 0 Å². The molecule has 0 saturated carbocycles. The van der Waals surface area contributed by atoms with Gasteiger partial charge >= 0.3 is 0 Å². The van der Waals surface area contributed by atoms with Gasteiger partial charge < -0.3 is 0 Å². The van der Waals surface area contributed by atoms with Crippen molar-refractivity contribution in [3.8, 4) is 6.07 Å². The molecule has 2 rings (SSSR count). The lowest BCUT2D eigenvalue weighted by Gasteiger charge is -2.08. The van der Waals surface area contributed by atoms with E-state index in [1.807, 2.05) is 36.4 Å². The number of nitrogens with zero attached hydrogens (tertiary/aromatic N) is 1. The van der Waals surface area contributed by atoms with Crippen molar-refractivity contribution >= 4 is 11.6 Å². The summed E-state index contributed by atoms with van der Waals surface area (Å²) in [5.41, 5.74) is 1.33. The van der Waals surface area contributed by atoms with Crippen molar-refractivity contribution in [1.82, 2.24) is 0 Å². The Morgan fingerprint density at radius 1 is 0.870 bits per heavy atom. The second-order valence-electron chi connectivity index (χ2n) is 5.50. The maximum atomic E-state index is 12.1. The molecule has 0 unspecified atom stereocenters. The molecular formula is C20H19NO2. The normalized spacial score (nSPS) is 11.4. The zero-order valence-electron chi connectivity index (χ0n) is 12.9. The van der Waals surface area contributed by atoms with Crippen LogP contribution in [0, 0.1) is 17.2 Å². The molecule has 1 atom stereocenters. The van der Waals surface area contributed by atoms with Crippen LogP contribution in [0.4, 0.5) is 0 Å². The first-order valence-electron chi connectivity index (χ1n) is 7.77. The van der Waals surface area contributed by atoms with Crippen LogP contribution in [-0.2, 0) is 0 Å². The van der Waals surface area contributed by atoms with Crippen LogP contribution >= 0.6 is 0 Å². The summed E-state index contributed by atoms with van der Waals surface area (Å²) in [4.78, 5) is 24.1. The molecule has 0 aromatic heterocycles. The number of nitriles is 1. The van der Waals surface area contributed by atoms with Crippen LogP contribution in [0.15, 0.2) is 60.7 Å². The Kier molecular flexibility index (Phi) is 6.26. The number of carbonyl (C=O) groups is 2. The molecule has 23 heavy (non-hydrogen) atoms. The zero-order valence-corrected chi connectivity index (χ0v) is 12.9. The van der Waals surface area contributed by atoms with Gasteiger partial charge in [0.25, 0.3) is 0 Å². The molecule has 0 amide bonds. The lowest BCUT2D eigenvalue weighted by Crippen LogP contribution is -2.08. The standard InChI is InChI=1S/C20H19NO2/c21-15-16(14-20(23)18-11-5-2-6-12-18)8-7-13-19(22)17-9-3-1-4-10-17/h1-6,9-12,16H,7-8,13-14H2/t16-/m1/s1. The highest BCUT2D eigenvalue weighted by Gasteiger charge is 2.15. The van der Waals surface area contributed by atoms with Gasteiger partial charge in [0.1, 0.15) is 0 Å². The van der Waals surface area contributed by atoms with Crippen LogP contribution in [0.3, 0.4) is 0 Å². The second kappa shape index (κ2) is 8.65. The van der Waals surface area contributed by atoms with Gasteiger partial charge in [-0.3, -0.25) is 9.59 Å². The highest BCUT2D eigenvalue weighted by atomic mass is 16.1. The molecule has 3 heteroatoms. The fourth-order valence-corrected chi connectivity index (χ4v) is 2.46. The van der Waals surface area contributed by atoms with E-state index in [-0.39, 0.29) is 23.9 Å². The molecule has 0 heterocycles. The Morgan fingerprint density at radius 3 is 1.91 bits per heavy atom. The first kappa shape index (κ1) is 16.6. The van der Waals surface area contributed by atoms with Crippen molar-refractivity contribution in [2.75, 3.05) is 0 Å². The van der Waals surface area contributed by atoms with Gasteiger partial charge in [-0.05, 0) is 12.8 Å². The highest BCUT2D eigenvalue weighted by molar-refractivity contribution is 5.96. The number of hydrogen-bond acceptors (Lipinski definition) is 3. The van der Waals surface area contributed by atoms with Crippen molar-refractivity contribution in [2.45, 2.75) is 25.7 Å². The molecule has 3 nitrogen and oxygen atoms in total. The molecule has 2 aromatic carbocycles. The lowest BCUT2D eigenvalue weighted by atomic mass is 9.93. The number of hydrogen-bond donors (Lipinski definition) is 0. The second-order valence-corrected chi connectivity index (χ2v) is 5.50. The van der Waals surface area contributed by atoms with Crippen LogP contribution in [0.2, 0.25) is 0 Å². The maximum absolute atomic E-state index is 12.1. The summed E-state index contributed by atoms with van der Waals surface area (Å²) < 4.78 is 0. The van der Waals surface area contributed by atoms with E-state index in [0.717, 1.165) is 0 Å². The van der Waals surface area contributed by atoms with Crippen molar-refractivity contribution in [3.05, 3.63) is 71.8 Å². The van der Waals surface area contributed by atoms with Crippen LogP contribution in [0.5, 0.6) is 0 Å². The molecule has 0 fully saturated rings. The molecule has 0 radical (unpaired) electrons. The summed E-state index contributed by atoms with van der Waals surface area (Å²) in [6.45, 7) is 0. The molecule has 0 bridgehead atoms. The summed E-state index contributed by atoms with van der Waals surface area (Å²) in [5.74, 6) is -0.283. The van der Waals surface area contributed by atoms with Gasteiger partial charge in [0.2, 0.25) is 0 Å². The number of rotatable bonds is 8. The van der Waals surface area contributed by atoms with Gasteiger partial charge in [0.05, 0.1) is 12.0 Å². The third-order valence-electron chi connectivity index (χ3n) is 3.76. The average Bonchev–Trinajstić information content (AvgIpc) is 2.62. The number of ketones is 2. The fraction of sp³-hybridized carbons (Fsp3) is 0.250. The Labute approximate surface area is 136 Å². The summed E-state index contributed by atoms with van der Waals surface area (Å²) in [5, 5.41) is 9.22. The van der Waals surface area contributed by atoms with E-state index >= 15 is 0 Å². The molecule has 0 aliphatic heterocycles. The molecular weight excluding hydrogens is 286 g/mol. The van der Waals surface area contributed by atoms with Gasteiger partial charge in [-0.15, -0.1) is 0 Å². The monoisotopic (exact) mass is 305 g/mol. The van der Waals surface area contributed by atoms with Gasteiger partial charge in [-0.25, -0.2) is 0 Å². The number of benzene rings is 2. The van der Waals surface area contributed by atoms with E-state index < -0.39 is 0 Å². The first-order chi connectivity index (χ1) is 11.2. The topological polar surface area (TPSA) is 57.9 Å². The van der Waals surface area contributed by atoms with E-state index in [1.54, 1.807) is 24.3 Å². The fourth-order valence-electron chi connectivity index (χ4n) is 2.46. The number of Topliss-reactive ketones (excluding diaryl/α,β-unsaturated/α-hetero) is 2. The zero-order chi connectivity index (χ0) is 16.5. The van der Waals surface area contributed by atoms with Crippen molar-refractivity contribution in [3.63, 3.8) is 0 Å². The minimum absolute atomic E-state index is 0.0217. The molecule has 0 N–H and O–H groups in total. The predicted molar refractivity (Wildman–Crippen MR) is 89.1 cm³/mol. The highest BCUT2D eigenvalue weighted by Crippen LogP contribution is 2.17. The summed E-state index contributed by atoms with van der Waals surface area (Å²) in [6.07, 6.45) is 1.80. The summed E-state index contributed by atoms with van der Waals surface area (Å²) in [7, 11) is 0. The third-order valence-corrected chi connectivity index (χ3v) is 3.76. The maximum Gasteiger partial charge on any atom is 0.164 e. The molecule has 0 aliphatic rings. The summed E-state index contributed by atoms with van der Waals surface area (Å²) >= 11 is 0. The molecule has 2 aromatic rings. The van der Waals surface area contributed by atoms with E-state index in [2.05, 4.69) is 6.07 Å². The minimum atomic E-state index is -0.341. The van der Waals surface area contributed by atoms with E-state index in [9.17, 15) is 14.9 Å². The van der Waals surface area contributed by atoms with E-state index in [1.165, 1.54) is 0 Å². The Morgan fingerprint density at radius 2 is 1.39 bits per heavy atom. The number of carbonyl (C=O) groups excluding carboxylic acids is 2. The van der Waals surface area contributed by atoms with Crippen molar-refractivity contribution in [1.29, 1.82) is 5.26 Å². The quantitative estimate of drug-likeness (QED) is 0.677. The molecule has 0 saturated heterocycles. The summed E-state index contributed by atoms with van der Waals surface area (Å²) in [6, 6.07) is 20.3. The van der Waals surface area contributed by atoms with Crippen LogP contribution in [0.1, 0.15) is 46.4 Å². The average molecular weight is 305 g/mol. The van der Waals surface area contributed by atoms with Gasteiger partial charge in [0.15, 0.2) is 11.6 Å². The predicted octanol–water partition coefficient (Wildman–Crippen LogP) is 4.45. The third kappa shape index (κ3) is 5.19. The first-order valence-corrected chi connectivity index (χ1v) is 7.77. The van der Waals surface area contributed by atoms with E-state index in [0.29, 0.717) is 30.4 Å². The molecule has 116 valence electrons. The van der Waals surface area contributed by atoms with Gasteiger partial charge in [0, 0.05) is 24.0 Å². The van der Waals surface area contributed by atoms with Gasteiger partial charge in [-0.2, -0.15) is 5.26 Å². The Balaban J connectivity index is 1.80. The van der Waals surface area contributed by atoms with Crippen LogP contribution in [0.25, 0.3) is 0 Å². The van der Waals surface area contributed by atoms with Crippen LogP contribution < -0.4 is 0 Å². The largest absolute Gasteiger partial charge is 0.294 e. The Bertz CT molecular complexity index is 687. The SMILES string of the molecule is N#C[C@H](CCCC(=O)c1ccccc1)CC(=O)c1ccccc1.